The zero-order valence-electron chi connectivity index (χ0n) is 18.6. The Balaban J connectivity index is 1.48. The van der Waals surface area contributed by atoms with Crippen LogP contribution in [0.3, 0.4) is 0 Å². The van der Waals surface area contributed by atoms with Crippen LogP contribution in [0.4, 0.5) is 0 Å². The van der Waals surface area contributed by atoms with Crippen LogP contribution in [0.25, 0.3) is 5.82 Å². The second-order valence-corrected chi connectivity index (χ2v) is 9.44. The summed E-state index contributed by atoms with van der Waals surface area (Å²) >= 11 is 0. The first-order valence-electron chi connectivity index (χ1n) is 11.5. The monoisotopic (exact) mass is 409 g/mol. The minimum atomic E-state index is 0.123. The molecule has 1 amide bonds. The zero-order valence-corrected chi connectivity index (χ0v) is 18.6. The molecule has 1 atom stereocenters. The van der Waals surface area contributed by atoms with Gasteiger partial charge in [0.15, 0.2) is 5.82 Å². The maximum Gasteiger partial charge on any atom is 0.257 e. The molecule has 2 aliphatic heterocycles. The maximum atomic E-state index is 13.5. The fourth-order valence-corrected chi connectivity index (χ4v) is 4.92. The van der Waals surface area contributed by atoms with Gasteiger partial charge in [-0.05, 0) is 68.7 Å². The molecule has 2 aromatic heterocycles. The smallest absolute Gasteiger partial charge is 0.257 e. The molecule has 0 N–H and O–H groups in total. The molecule has 2 aliphatic rings. The molecule has 2 fully saturated rings. The Labute approximate surface area is 180 Å². The van der Waals surface area contributed by atoms with Crippen molar-refractivity contribution < 1.29 is 4.79 Å². The second-order valence-electron chi connectivity index (χ2n) is 9.44. The third kappa shape index (κ3) is 4.59. The van der Waals surface area contributed by atoms with Crippen LogP contribution in [-0.2, 0) is 0 Å². The average molecular weight is 410 g/mol. The largest absolute Gasteiger partial charge is 0.338 e. The van der Waals surface area contributed by atoms with Gasteiger partial charge in [-0.25, -0.2) is 9.67 Å². The molecule has 162 valence electrons. The summed E-state index contributed by atoms with van der Waals surface area (Å²) in [7, 11) is 0. The Morgan fingerprint density at radius 3 is 2.67 bits per heavy atom. The van der Waals surface area contributed by atoms with Gasteiger partial charge in [-0.3, -0.25) is 4.79 Å². The number of hydrogen-bond acceptors (Lipinski definition) is 4. The lowest BCUT2D eigenvalue weighted by Crippen LogP contribution is -2.45. The first-order valence-corrected chi connectivity index (χ1v) is 11.5. The highest BCUT2D eigenvalue weighted by Crippen LogP contribution is 2.27. The molecule has 0 radical (unpaired) electrons. The molecule has 0 spiro atoms. The summed E-state index contributed by atoms with van der Waals surface area (Å²) < 4.78 is 1.83. The molecule has 0 saturated carbocycles. The lowest BCUT2D eigenvalue weighted by molar-refractivity contribution is 0.0620. The Kier molecular flexibility index (Phi) is 6.52. The van der Waals surface area contributed by atoms with Gasteiger partial charge in [-0.2, -0.15) is 5.10 Å². The molecular formula is C24H35N5O. The topological polar surface area (TPSA) is 54.3 Å². The number of amides is 1. The number of hydrogen-bond donors (Lipinski definition) is 0. The highest BCUT2D eigenvalue weighted by Gasteiger charge is 2.30. The van der Waals surface area contributed by atoms with Crippen molar-refractivity contribution in [3.8, 4) is 5.82 Å². The second kappa shape index (κ2) is 9.29. The summed E-state index contributed by atoms with van der Waals surface area (Å²) in [5, 5.41) is 4.54. The summed E-state index contributed by atoms with van der Waals surface area (Å²) in [6.45, 7) is 11.8. The van der Waals surface area contributed by atoms with Crippen molar-refractivity contribution in [1.82, 2.24) is 24.6 Å². The minimum Gasteiger partial charge on any atom is -0.338 e. The van der Waals surface area contributed by atoms with E-state index in [1.165, 1.54) is 32.4 Å². The van der Waals surface area contributed by atoms with Gasteiger partial charge in [-0.1, -0.05) is 26.8 Å². The van der Waals surface area contributed by atoms with Crippen LogP contribution in [0.2, 0.25) is 0 Å². The quantitative estimate of drug-likeness (QED) is 0.750. The van der Waals surface area contributed by atoms with Gasteiger partial charge in [0.05, 0.1) is 17.5 Å². The van der Waals surface area contributed by atoms with Gasteiger partial charge in [0.1, 0.15) is 0 Å². The summed E-state index contributed by atoms with van der Waals surface area (Å²) in [6, 6.07) is 5.78. The number of rotatable bonds is 5. The van der Waals surface area contributed by atoms with Crippen LogP contribution >= 0.6 is 0 Å². The van der Waals surface area contributed by atoms with Crippen LogP contribution < -0.4 is 0 Å². The summed E-state index contributed by atoms with van der Waals surface area (Å²) in [5.74, 6) is 2.50. The number of nitrogens with zero attached hydrogens (tertiary/aromatic N) is 5. The molecular weight excluding hydrogens is 374 g/mol. The van der Waals surface area contributed by atoms with E-state index in [1.54, 1.807) is 12.4 Å². The van der Waals surface area contributed by atoms with E-state index in [0.717, 1.165) is 49.0 Å². The van der Waals surface area contributed by atoms with Gasteiger partial charge in [0, 0.05) is 25.8 Å². The van der Waals surface area contributed by atoms with E-state index in [0.29, 0.717) is 5.92 Å². The van der Waals surface area contributed by atoms with E-state index in [2.05, 4.69) is 40.7 Å². The SMILES string of the molecule is CC1CCN(CC2CCCN(C(=O)c3cnn(-c4ccccn4)c3C(C)C)C2)CC1. The van der Waals surface area contributed by atoms with Crippen molar-refractivity contribution in [3.05, 3.63) is 41.9 Å². The molecule has 0 aromatic carbocycles. The van der Waals surface area contributed by atoms with Crippen LogP contribution in [0.1, 0.15) is 68.4 Å². The third-order valence-electron chi connectivity index (χ3n) is 6.65. The standard InChI is InChI=1S/C24H35N5O/c1-18(2)23-21(15-26-29(23)22-8-4-5-11-25-22)24(30)28-12-6-7-20(17-28)16-27-13-9-19(3)10-14-27/h4-5,8,11,15,18-20H,6-7,9-10,12-14,16-17H2,1-3H3. The van der Waals surface area contributed by atoms with Gasteiger partial charge in [0.25, 0.3) is 5.91 Å². The number of carbonyl (C=O) groups is 1. The van der Waals surface area contributed by atoms with Crippen molar-refractivity contribution in [3.63, 3.8) is 0 Å². The molecule has 30 heavy (non-hydrogen) atoms. The first kappa shape index (κ1) is 21.0. The van der Waals surface area contributed by atoms with Gasteiger partial charge in [-0.15, -0.1) is 0 Å². The average Bonchev–Trinajstić information content (AvgIpc) is 3.21. The molecule has 6 nitrogen and oxygen atoms in total. The molecule has 4 rings (SSSR count). The van der Waals surface area contributed by atoms with E-state index in [1.807, 2.05) is 22.9 Å². The zero-order chi connectivity index (χ0) is 21.1. The lowest BCUT2D eigenvalue weighted by atomic mass is 9.94. The molecule has 6 heteroatoms. The van der Waals surface area contributed by atoms with Crippen molar-refractivity contribution in [1.29, 1.82) is 0 Å². The summed E-state index contributed by atoms with van der Waals surface area (Å²) in [6.07, 6.45) is 8.42. The normalized spacial score (nSPS) is 21.3. The Morgan fingerprint density at radius 1 is 1.17 bits per heavy atom. The molecule has 0 aliphatic carbocycles. The van der Waals surface area contributed by atoms with Gasteiger partial charge >= 0.3 is 0 Å². The highest BCUT2D eigenvalue weighted by atomic mass is 16.2. The number of carbonyl (C=O) groups excluding carboxylic acids is 1. The van der Waals surface area contributed by atoms with Crippen LogP contribution in [0.15, 0.2) is 30.6 Å². The predicted molar refractivity (Wildman–Crippen MR) is 119 cm³/mol. The molecule has 2 saturated heterocycles. The van der Waals surface area contributed by atoms with Crippen molar-refractivity contribution in [2.24, 2.45) is 11.8 Å². The van der Waals surface area contributed by atoms with Crippen molar-refractivity contribution >= 4 is 5.91 Å². The fourth-order valence-electron chi connectivity index (χ4n) is 4.92. The first-order chi connectivity index (χ1) is 14.5. The highest BCUT2D eigenvalue weighted by molar-refractivity contribution is 5.95. The fraction of sp³-hybridized carbons (Fsp3) is 0.625. The maximum absolute atomic E-state index is 13.5. The molecule has 0 bridgehead atoms. The van der Waals surface area contributed by atoms with Crippen LogP contribution in [0, 0.1) is 11.8 Å². The molecule has 1 unspecified atom stereocenters. The minimum absolute atomic E-state index is 0.123. The van der Waals surface area contributed by atoms with E-state index in [4.69, 9.17) is 0 Å². The van der Waals surface area contributed by atoms with E-state index >= 15 is 0 Å². The Morgan fingerprint density at radius 2 is 1.97 bits per heavy atom. The van der Waals surface area contributed by atoms with Crippen molar-refractivity contribution in [2.75, 3.05) is 32.7 Å². The number of pyridine rings is 1. The predicted octanol–water partition coefficient (Wildman–Crippen LogP) is 3.97. The van der Waals surface area contributed by atoms with E-state index in [-0.39, 0.29) is 11.8 Å². The summed E-state index contributed by atoms with van der Waals surface area (Å²) in [5.41, 5.74) is 1.67. The van der Waals surface area contributed by atoms with Crippen molar-refractivity contribution in [2.45, 2.75) is 52.4 Å². The third-order valence-corrected chi connectivity index (χ3v) is 6.65. The number of likely N-dealkylation sites (tertiary alicyclic amines) is 2. The van der Waals surface area contributed by atoms with Crippen LogP contribution in [0.5, 0.6) is 0 Å². The Bertz CT molecular complexity index is 839. The van der Waals surface area contributed by atoms with Gasteiger partial charge < -0.3 is 9.80 Å². The van der Waals surface area contributed by atoms with Crippen LogP contribution in [-0.4, -0.2) is 63.2 Å². The van der Waals surface area contributed by atoms with E-state index < -0.39 is 0 Å². The molecule has 4 heterocycles. The number of aromatic nitrogens is 3. The van der Waals surface area contributed by atoms with Gasteiger partial charge in [0.2, 0.25) is 0 Å². The van der Waals surface area contributed by atoms with E-state index in [9.17, 15) is 4.79 Å². The summed E-state index contributed by atoms with van der Waals surface area (Å²) in [4.78, 5) is 22.6. The Hall–Kier alpha value is -2.21. The number of piperidine rings is 2. The lowest BCUT2D eigenvalue weighted by Gasteiger charge is -2.38. The molecule has 2 aromatic rings.